The minimum absolute atomic E-state index is 0.0455. The number of ether oxygens (including phenoxy) is 1. The van der Waals surface area contributed by atoms with Crippen LogP contribution in [0.15, 0.2) is 59.7 Å². The Morgan fingerprint density at radius 1 is 1.17 bits per heavy atom. The van der Waals surface area contributed by atoms with Crippen molar-refractivity contribution in [1.29, 1.82) is 0 Å². The molecule has 4 nitrogen and oxygen atoms in total. The van der Waals surface area contributed by atoms with Crippen molar-refractivity contribution in [2.24, 2.45) is 5.10 Å². The summed E-state index contributed by atoms with van der Waals surface area (Å²) in [6.45, 7) is 4.24. The largest absolute Gasteiger partial charge is 0.483 e. The average molecular weight is 324 g/mol. The summed E-state index contributed by atoms with van der Waals surface area (Å²) in [5, 5.41) is 3.95. The zero-order valence-corrected chi connectivity index (χ0v) is 14.2. The van der Waals surface area contributed by atoms with Gasteiger partial charge in [-0.05, 0) is 29.5 Å². The Morgan fingerprint density at radius 3 is 2.62 bits per heavy atom. The van der Waals surface area contributed by atoms with E-state index in [2.05, 4.69) is 24.4 Å². The summed E-state index contributed by atoms with van der Waals surface area (Å²) >= 11 is 0. The molecule has 0 aliphatic rings. The Bertz CT molecular complexity index is 668. The zero-order chi connectivity index (χ0) is 17.2. The number of hydrogen-bond donors (Lipinski definition) is 1. The normalized spacial score (nSPS) is 12.1. The highest BCUT2D eigenvalue weighted by molar-refractivity contribution is 5.78. The Balaban J connectivity index is 1.79. The lowest BCUT2D eigenvalue weighted by atomic mass is 9.98. The molecule has 0 heterocycles. The summed E-state index contributed by atoms with van der Waals surface area (Å²) in [6.07, 6.45) is 3.38. The first kappa shape index (κ1) is 17.7. The third-order valence-corrected chi connectivity index (χ3v) is 3.87. The summed E-state index contributed by atoms with van der Waals surface area (Å²) in [5.41, 5.74) is 4.76. The Hall–Kier alpha value is -2.62. The standard InChI is InChI=1S/C20H24N2O2/c1-3-16(2)18-11-7-8-12-19(18)24-15-20(23)22-21-14-13-17-9-5-4-6-10-17/h4-12,14,16H,3,13,15H2,1-2H3,(H,22,23)/b21-14+. The first-order valence-corrected chi connectivity index (χ1v) is 8.26. The summed E-state index contributed by atoms with van der Waals surface area (Å²) in [5.74, 6) is 0.890. The number of carbonyl (C=O) groups excluding carboxylic acids is 1. The maximum absolute atomic E-state index is 11.8. The van der Waals surface area contributed by atoms with Crippen LogP contribution in [0.3, 0.4) is 0 Å². The van der Waals surface area contributed by atoms with Crippen LogP contribution in [0.2, 0.25) is 0 Å². The van der Waals surface area contributed by atoms with Crippen LogP contribution in [-0.4, -0.2) is 18.7 Å². The first-order valence-electron chi connectivity index (χ1n) is 8.26. The van der Waals surface area contributed by atoms with Crippen molar-refractivity contribution in [3.05, 3.63) is 65.7 Å². The second kappa shape index (κ2) is 9.50. The van der Waals surface area contributed by atoms with E-state index in [4.69, 9.17) is 4.74 Å². The minimum atomic E-state index is -0.265. The van der Waals surface area contributed by atoms with E-state index in [9.17, 15) is 4.79 Å². The van der Waals surface area contributed by atoms with Crippen molar-refractivity contribution < 1.29 is 9.53 Å². The van der Waals surface area contributed by atoms with Crippen molar-refractivity contribution in [3.63, 3.8) is 0 Å². The van der Waals surface area contributed by atoms with Crippen LogP contribution in [-0.2, 0) is 11.2 Å². The van der Waals surface area contributed by atoms with Crippen molar-refractivity contribution in [3.8, 4) is 5.75 Å². The van der Waals surface area contributed by atoms with Crippen LogP contribution in [0.25, 0.3) is 0 Å². The smallest absolute Gasteiger partial charge is 0.277 e. The molecule has 4 heteroatoms. The second-order valence-electron chi connectivity index (χ2n) is 5.67. The van der Waals surface area contributed by atoms with Gasteiger partial charge in [0.1, 0.15) is 5.75 Å². The molecular weight excluding hydrogens is 300 g/mol. The van der Waals surface area contributed by atoms with Crippen LogP contribution in [0.1, 0.15) is 37.3 Å². The summed E-state index contributed by atoms with van der Waals surface area (Å²) < 4.78 is 5.65. The van der Waals surface area contributed by atoms with Gasteiger partial charge in [-0.25, -0.2) is 5.43 Å². The van der Waals surface area contributed by atoms with Gasteiger partial charge in [0.15, 0.2) is 6.61 Å². The molecule has 0 bridgehead atoms. The molecule has 0 radical (unpaired) electrons. The summed E-state index contributed by atoms with van der Waals surface area (Å²) in [7, 11) is 0. The lowest BCUT2D eigenvalue weighted by Gasteiger charge is -2.15. The van der Waals surface area contributed by atoms with Gasteiger partial charge in [-0.3, -0.25) is 4.79 Å². The molecule has 0 aromatic heterocycles. The van der Waals surface area contributed by atoms with Gasteiger partial charge in [-0.15, -0.1) is 0 Å². The van der Waals surface area contributed by atoms with Crippen LogP contribution in [0.5, 0.6) is 5.75 Å². The SMILES string of the molecule is CCC(C)c1ccccc1OCC(=O)N/N=C/Cc1ccccc1. The molecule has 1 amide bonds. The highest BCUT2D eigenvalue weighted by Gasteiger charge is 2.10. The van der Waals surface area contributed by atoms with Gasteiger partial charge in [0.05, 0.1) is 0 Å². The van der Waals surface area contributed by atoms with Gasteiger partial charge in [-0.2, -0.15) is 5.10 Å². The topological polar surface area (TPSA) is 50.7 Å². The Morgan fingerprint density at radius 2 is 1.88 bits per heavy atom. The first-order chi connectivity index (χ1) is 11.7. The molecule has 0 saturated heterocycles. The Labute approximate surface area is 143 Å². The molecule has 1 atom stereocenters. The molecule has 2 rings (SSSR count). The minimum Gasteiger partial charge on any atom is -0.483 e. The molecular formula is C20H24N2O2. The van der Waals surface area contributed by atoms with Crippen molar-refractivity contribution in [1.82, 2.24) is 5.43 Å². The fourth-order valence-electron chi connectivity index (χ4n) is 2.30. The third kappa shape index (κ3) is 5.54. The van der Waals surface area contributed by atoms with Crippen molar-refractivity contribution in [2.75, 3.05) is 6.61 Å². The highest BCUT2D eigenvalue weighted by Crippen LogP contribution is 2.28. The lowest BCUT2D eigenvalue weighted by Crippen LogP contribution is -2.25. The van der Waals surface area contributed by atoms with Crippen LogP contribution < -0.4 is 10.2 Å². The average Bonchev–Trinajstić information content (AvgIpc) is 2.64. The number of carbonyl (C=O) groups is 1. The Kier molecular flexibility index (Phi) is 7.02. The number of benzene rings is 2. The van der Waals surface area contributed by atoms with E-state index in [-0.39, 0.29) is 12.5 Å². The lowest BCUT2D eigenvalue weighted by molar-refractivity contribution is -0.123. The molecule has 1 unspecified atom stereocenters. The molecule has 24 heavy (non-hydrogen) atoms. The third-order valence-electron chi connectivity index (χ3n) is 3.87. The molecule has 2 aromatic carbocycles. The van der Waals surface area contributed by atoms with E-state index in [0.717, 1.165) is 23.3 Å². The number of nitrogens with one attached hydrogen (secondary N) is 1. The number of rotatable bonds is 8. The predicted molar refractivity (Wildman–Crippen MR) is 97.4 cm³/mol. The van der Waals surface area contributed by atoms with Gasteiger partial charge >= 0.3 is 0 Å². The summed E-state index contributed by atoms with van der Waals surface area (Å²) in [6, 6.07) is 17.8. The van der Waals surface area contributed by atoms with Crippen LogP contribution in [0, 0.1) is 0 Å². The fourth-order valence-corrected chi connectivity index (χ4v) is 2.30. The molecule has 0 aliphatic heterocycles. The fraction of sp³-hybridized carbons (Fsp3) is 0.300. The van der Waals surface area contributed by atoms with E-state index in [0.29, 0.717) is 12.3 Å². The van der Waals surface area contributed by atoms with E-state index in [1.54, 1.807) is 6.21 Å². The van der Waals surface area contributed by atoms with Gasteiger partial charge in [-0.1, -0.05) is 62.4 Å². The second-order valence-corrected chi connectivity index (χ2v) is 5.67. The van der Waals surface area contributed by atoms with E-state index in [1.165, 1.54) is 0 Å². The molecule has 0 spiro atoms. The van der Waals surface area contributed by atoms with E-state index in [1.807, 2.05) is 54.6 Å². The maximum Gasteiger partial charge on any atom is 0.277 e. The van der Waals surface area contributed by atoms with Gasteiger partial charge in [0, 0.05) is 12.6 Å². The van der Waals surface area contributed by atoms with Crippen molar-refractivity contribution in [2.45, 2.75) is 32.6 Å². The highest BCUT2D eigenvalue weighted by atomic mass is 16.5. The quantitative estimate of drug-likeness (QED) is 0.591. The van der Waals surface area contributed by atoms with Gasteiger partial charge in [0.2, 0.25) is 0 Å². The summed E-state index contributed by atoms with van der Waals surface area (Å²) in [4.78, 5) is 11.8. The molecule has 2 aromatic rings. The van der Waals surface area contributed by atoms with Crippen LogP contribution >= 0.6 is 0 Å². The van der Waals surface area contributed by atoms with Crippen molar-refractivity contribution >= 4 is 12.1 Å². The number of para-hydroxylation sites is 1. The number of amides is 1. The zero-order valence-electron chi connectivity index (χ0n) is 14.2. The van der Waals surface area contributed by atoms with Gasteiger partial charge < -0.3 is 4.74 Å². The van der Waals surface area contributed by atoms with E-state index >= 15 is 0 Å². The van der Waals surface area contributed by atoms with Crippen LogP contribution in [0.4, 0.5) is 0 Å². The molecule has 1 N–H and O–H groups in total. The monoisotopic (exact) mass is 324 g/mol. The predicted octanol–water partition coefficient (Wildman–Crippen LogP) is 3.92. The molecule has 0 saturated carbocycles. The number of hydrazone groups is 1. The van der Waals surface area contributed by atoms with Gasteiger partial charge in [0.25, 0.3) is 5.91 Å². The number of nitrogens with zero attached hydrogens (tertiary/aromatic N) is 1. The van der Waals surface area contributed by atoms with E-state index < -0.39 is 0 Å². The maximum atomic E-state index is 11.8. The number of hydrogen-bond acceptors (Lipinski definition) is 3. The molecule has 126 valence electrons. The molecule has 0 aliphatic carbocycles. The molecule has 0 fully saturated rings.